The van der Waals surface area contributed by atoms with Crippen LogP contribution in [0.15, 0.2) is 54.6 Å². The third-order valence-electron chi connectivity index (χ3n) is 5.19. The highest BCUT2D eigenvalue weighted by atomic mass is 16.5. The normalized spacial score (nSPS) is 11.2. The summed E-state index contributed by atoms with van der Waals surface area (Å²) >= 11 is 0. The Morgan fingerprint density at radius 3 is 1.74 bits per heavy atom. The monoisotopic (exact) mass is 420 g/mol. The van der Waals surface area contributed by atoms with E-state index in [9.17, 15) is 20.4 Å². The first kappa shape index (κ1) is 20.8. The van der Waals surface area contributed by atoms with Crippen LogP contribution in [0.1, 0.15) is 5.56 Å². The van der Waals surface area contributed by atoms with E-state index < -0.39 is 0 Å². The van der Waals surface area contributed by atoms with Crippen molar-refractivity contribution >= 4 is 21.5 Å². The molecule has 0 fully saturated rings. The van der Waals surface area contributed by atoms with Crippen molar-refractivity contribution < 1.29 is 29.9 Å². The minimum Gasteiger partial charge on any atom is -0.507 e. The fourth-order valence-electron chi connectivity index (χ4n) is 3.78. The molecule has 0 aliphatic rings. The minimum atomic E-state index is -0.149. The summed E-state index contributed by atoms with van der Waals surface area (Å²) < 4.78 is 11.5. The number of phenolic OH excluding ortho intramolecular Hbond substituents is 2. The van der Waals surface area contributed by atoms with E-state index in [1.807, 2.05) is 31.2 Å². The van der Waals surface area contributed by atoms with Crippen molar-refractivity contribution in [3.63, 3.8) is 0 Å². The van der Waals surface area contributed by atoms with Gasteiger partial charge in [-0.1, -0.05) is 42.0 Å². The molecule has 4 aromatic carbocycles. The molecule has 0 radical (unpaired) electrons. The molecule has 160 valence electrons. The van der Waals surface area contributed by atoms with Crippen molar-refractivity contribution in [1.29, 1.82) is 0 Å². The Bertz CT molecular complexity index is 1250. The molecule has 0 aliphatic carbocycles. The lowest BCUT2D eigenvalue weighted by atomic mass is 9.94. The Labute approximate surface area is 179 Å². The first-order valence-corrected chi connectivity index (χ1v) is 10.0. The predicted octanol–water partition coefficient (Wildman–Crippen LogP) is 4.12. The summed E-state index contributed by atoms with van der Waals surface area (Å²) in [6.45, 7) is 1.85. The maximum atomic E-state index is 11.1. The molecule has 0 atom stereocenters. The zero-order valence-corrected chi connectivity index (χ0v) is 17.1. The summed E-state index contributed by atoms with van der Waals surface area (Å²) in [7, 11) is 0. The molecule has 0 saturated carbocycles. The maximum absolute atomic E-state index is 11.1. The second-order valence-electron chi connectivity index (χ2n) is 7.28. The molecular weight excluding hydrogens is 396 g/mol. The van der Waals surface area contributed by atoms with Crippen LogP contribution in [0, 0.1) is 6.92 Å². The van der Waals surface area contributed by atoms with Crippen LogP contribution in [-0.2, 0) is 0 Å². The van der Waals surface area contributed by atoms with Gasteiger partial charge >= 0.3 is 0 Å². The number of hydrogen-bond acceptors (Lipinski definition) is 6. The number of aliphatic hydroxyl groups excluding tert-OH is 2. The second kappa shape index (κ2) is 8.71. The summed E-state index contributed by atoms with van der Waals surface area (Å²) in [6.07, 6.45) is 0. The van der Waals surface area contributed by atoms with Gasteiger partial charge in [-0.25, -0.2) is 0 Å². The molecule has 4 rings (SSSR count). The number of aliphatic hydroxyl groups is 2. The number of benzene rings is 4. The summed E-state index contributed by atoms with van der Waals surface area (Å²) in [4.78, 5) is 0. The van der Waals surface area contributed by atoms with Gasteiger partial charge in [0.15, 0.2) is 0 Å². The Hall–Kier alpha value is -3.48. The molecule has 0 heterocycles. The number of ether oxygens (including phenoxy) is 2. The predicted molar refractivity (Wildman–Crippen MR) is 120 cm³/mol. The van der Waals surface area contributed by atoms with Gasteiger partial charge in [0.1, 0.15) is 36.2 Å². The highest BCUT2D eigenvalue weighted by Gasteiger charge is 2.20. The molecule has 4 N–H and O–H groups in total. The fraction of sp³-hybridized carbons (Fsp3) is 0.200. The van der Waals surface area contributed by atoms with Crippen LogP contribution in [0.4, 0.5) is 0 Å². The average molecular weight is 420 g/mol. The van der Waals surface area contributed by atoms with Gasteiger partial charge in [-0.3, -0.25) is 0 Å². The molecule has 31 heavy (non-hydrogen) atoms. The van der Waals surface area contributed by atoms with Gasteiger partial charge in [-0.2, -0.15) is 0 Å². The zero-order valence-electron chi connectivity index (χ0n) is 17.1. The first-order chi connectivity index (χ1) is 15.0. The van der Waals surface area contributed by atoms with E-state index in [1.165, 1.54) is 0 Å². The van der Waals surface area contributed by atoms with Crippen LogP contribution in [-0.4, -0.2) is 46.9 Å². The lowest BCUT2D eigenvalue weighted by Gasteiger charge is -2.18. The number of phenols is 2. The van der Waals surface area contributed by atoms with Gasteiger partial charge in [0.05, 0.1) is 13.2 Å². The van der Waals surface area contributed by atoms with Crippen LogP contribution in [0.25, 0.3) is 32.7 Å². The van der Waals surface area contributed by atoms with Crippen LogP contribution in [0.2, 0.25) is 0 Å². The number of rotatable bonds is 7. The smallest absolute Gasteiger partial charge is 0.131 e. The fourth-order valence-corrected chi connectivity index (χ4v) is 3.78. The second-order valence-corrected chi connectivity index (χ2v) is 7.28. The van der Waals surface area contributed by atoms with E-state index in [2.05, 4.69) is 0 Å². The van der Waals surface area contributed by atoms with Gasteiger partial charge in [0.2, 0.25) is 0 Å². The molecule has 6 heteroatoms. The Kier molecular flexibility index (Phi) is 5.84. The Morgan fingerprint density at radius 2 is 1.16 bits per heavy atom. The quantitative estimate of drug-likeness (QED) is 0.359. The first-order valence-electron chi connectivity index (χ1n) is 10.0. The van der Waals surface area contributed by atoms with Crippen LogP contribution in [0.3, 0.4) is 0 Å². The van der Waals surface area contributed by atoms with E-state index in [1.54, 1.807) is 30.3 Å². The molecule has 0 bridgehead atoms. The molecule has 0 spiro atoms. The number of aryl methyl sites for hydroxylation is 1. The Balaban J connectivity index is 2.01. The van der Waals surface area contributed by atoms with Gasteiger partial charge in [-0.05, 0) is 25.1 Å². The summed E-state index contributed by atoms with van der Waals surface area (Å²) in [5.74, 6) is 0.983. The molecule has 4 aromatic rings. The van der Waals surface area contributed by atoms with E-state index >= 15 is 0 Å². The topological polar surface area (TPSA) is 99.4 Å². The highest BCUT2D eigenvalue weighted by molar-refractivity contribution is 6.04. The molecule has 0 aromatic heterocycles. The largest absolute Gasteiger partial charge is 0.507 e. The number of fused-ring (bicyclic) bond motifs is 2. The minimum absolute atomic E-state index is 0.00168. The van der Waals surface area contributed by atoms with Crippen LogP contribution < -0.4 is 9.47 Å². The van der Waals surface area contributed by atoms with Gasteiger partial charge in [0.25, 0.3) is 0 Å². The number of aromatic hydroxyl groups is 2. The van der Waals surface area contributed by atoms with Crippen molar-refractivity contribution in [1.82, 2.24) is 0 Å². The van der Waals surface area contributed by atoms with Crippen molar-refractivity contribution in [3.05, 3.63) is 60.2 Å². The lowest BCUT2D eigenvalue weighted by molar-refractivity contribution is 0.202. The Morgan fingerprint density at radius 1 is 0.645 bits per heavy atom. The van der Waals surface area contributed by atoms with Gasteiger partial charge in [0, 0.05) is 32.7 Å². The van der Waals surface area contributed by atoms with Gasteiger partial charge < -0.3 is 29.9 Å². The lowest BCUT2D eigenvalue weighted by Crippen LogP contribution is -2.03. The van der Waals surface area contributed by atoms with Crippen molar-refractivity contribution in [2.24, 2.45) is 0 Å². The molecular formula is C25H24O6. The molecule has 6 nitrogen and oxygen atoms in total. The van der Waals surface area contributed by atoms with E-state index in [-0.39, 0.29) is 37.9 Å². The summed E-state index contributed by atoms with van der Waals surface area (Å²) in [5, 5.41) is 43.1. The van der Waals surface area contributed by atoms with E-state index in [0.717, 1.165) is 5.56 Å². The summed E-state index contributed by atoms with van der Waals surface area (Å²) in [5.41, 5.74) is 1.75. The van der Waals surface area contributed by atoms with E-state index in [4.69, 9.17) is 9.47 Å². The summed E-state index contributed by atoms with van der Waals surface area (Å²) in [6, 6.07) is 16.1. The SMILES string of the molecule is Cc1ccc2c(O)c(-c3cc(OCCO)c4ccccc4c3O)cc(OCCO)c2c1. The maximum Gasteiger partial charge on any atom is 0.131 e. The molecule has 0 amide bonds. The standard InChI is InChI=1S/C25H24O6/c1-15-6-7-18-19(12-15)23(31-11-9-27)14-21(25(18)29)20-13-22(30-10-8-26)16-4-2-3-5-17(16)24(20)28/h2-7,12-14,26-29H,8-11H2,1H3. The third kappa shape index (κ3) is 3.83. The van der Waals surface area contributed by atoms with Crippen molar-refractivity contribution in [3.8, 4) is 34.1 Å². The number of hydrogen-bond donors (Lipinski definition) is 4. The average Bonchev–Trinajstić information content (AvgIpc) is 2.78. The molecule has 0 unspecified atom stereocenters. The third-order valence-corrected chi connectivity index (χ3v) is 5.19. The molecule has 0 aliphatic heterocycles. The van der Waals surface area contributed by atoms with Crippen LogP contribution >= 0.6 is 0 Å². The van der Waals surface area contributed by atoms with Crippen LogP contribution in [0.5, 0.6) is 23.0 Å². The van der Waals surface area contributed by atoms with Crippen molar-refractivity contribution in [2.45, 2.75) is 6.92 Å². The van der Waals surface area contributed by atoms with Gasteiger partial charge in [-0.15, -0.1) is 0 Å². The zero-order chi connectivity index (χ0) is 22.0. The molecule has 0 saturated heterocycles. The van der Waals surface area contributed by atoms with Crippen molar-refractivity contribution in [2.75, 3.05) is 26.4 Å². The van der Waals surface area contributed by atoms with E-state index in [0.29, 0.717) is 44.2 Å². The highest BCUT2D eigenvalue weighted by Crippen LogP contribution is 2.48.